The summed E-state index contributed by atoms with van der Waals surface area (Å²) in [5.41, 5.74) is 2.26. The molecule has 10 heteroatoms. The SMILES string of the molecule is Cc1nn(C)c(-n2ccc3cc(Cl)ccc32)c1/C=C/C(=O)NS(=O)(=O)c1ccccc1Cl. The van der Waals surface area contributed by atoms with Gasteiger partial charge in [-0.15, -0.1) is 0 Å². The molecular formula is C22H18Cl2N4O3S. The number of carbonyl (C=O) groups excluding carboxylic acids is 1. The van der Waals surface area contributed by atoms with Gasteiger partial charge >= 0.3 is 0 Å². The summed E-state index contributed by atoms with van der Waals surface area (Å²) < 4.78 is 30.6. The molecule has 0 spiro atoms. The van der Waals surface area contributed by atoms with Gasteiger partial charge in [0.25, 0.3) is 15.9 Å². The fourth-order valence-corrected chi connectivity index (χ4v) is 5.13. The molecule has 0 unspecified atom stereocenters. The minimum Gasteiger partial charge on any atom is -0.301 e. The number of amides is 1. The van der Waals surface area contributed by atoms with Crippen LogP contribution in [0.25, 0.3) is 22.8 Å². The summed E-state index contributed by atoms with van der Waals surface area (Å²) in [5, 5.41) is 6.07. The number of aromatic nitrogens is 3. The Hall–Kier alpha value is -3.07. The molecule has 164 valence electrons. The first-order valence-electron chi connectivity index (χ1n) is 9.47. The van der Waals surface area contributed by atoms with E-state index in [1.165, 1.54) is 24.3 Å². The van der Waals surface area contributed by atoms with Gasteiger partial charge in [-0.25, -0.2) is 13.1 Å². The number of sulfonamides is 1. The second-order valence-corrected chi connectivity index (χ2v) is 9.56. The number of rotatable bonds is 5. The maximum Gasteiger partial charge on any atom is 0.265 e. The summed E-state index contributed by atoms with van der Waals surface area (Å²) in [6, 6.07) is 13.4. The van der Waals surface area contributed by atoms with Gasteiger partial charge in [-0.1, -0.05) is 35.3 Å². The second kappa shape index (κ2) is 8.46. The lowest BCUT2D eigenvalue weighted by Gasteiger charge is -2.08. The van der Waals surface area contributed by atoms with Crippen LogP contribution in [0.3, 0.4) is 0 Å². The van der Waals surface area contributed by atoms with Crippen molar-refractivity contribution in [1.82, 2.24) is 19.1 Å². The molecule has 7 nitrogen and oxygen atoms in total. The van der Waals surface area contributed by atoms with E-state index in [0.717, 1.165) is 22.8 Å². The molecule has 0 aliphatic rings. The van der Waals surface area contributed by atoms with Crippen molar-refractivity contribution in [2.75, 3.05) is 0 Å². The zero-order chi connectivity index (χ0) is 23.0. The monoisotopic (exact) mass is 488 g/mol. The third-order valence-electron chi connectivity index (χ3n) is 4.88. The van der Waals surface area contributed by atoms with Crippen molar-refractivity contribution in [2.24, 2.45) is 7.05 Å². The van der Waals surface area contributed by atoms with E-state index < -0.39 is 15.9 Å². The molecular weight excluding hydrogens is 471 g/mol. The number of fused-ring (bicyclic) bond motifs is 1. The average Bonchev–Trinajstić information content (AvgIpc) is 3.25. The fraction of sp³-hybridized carbons (Fsp3) is 0.0909. The lowest BCUT2D eigenvalue weighted by molar-refractivity contribution is -0.114. The topological polar surface area (TPSA) is 86.0 Å². The van der Waals surface area contributed by atoms with E-state index in [4.69, 9.17) is 23.2 Å². The van der Waals surface area contributed by atoms with Crippen LogP contribution in [0.5, 0.6) is 0 Å². The van der Waals surface area contributed by atoms with Crippen molar-refractivity contribution < 1.29 is 13.2 Å². The smallest absolute Gasteiger partial charge is 0.265 e. The van der Waals surface area contributed by atoms with Crippen LogP contribution in [0.2, 0.25) is 10.0 Å². The van der Waals surface area contributed by atoms with Gasteiger partial charge in [-0.05, 0) is 49.4 Å². The van der Waals surface area contributed by atoms with Gasteiger partial charge in [0.2, 0.25) is 0 Å². The molecule has 1 N–H and O–H groups in total. The minimum absolute atomic E-state index is 0.0294. The van der Waals surface area contributed by atoms with Gasteiger partial charge in [-0.2, -0.15) is 5.10 Å². The van der Waals surface area contributed by atoms with Gasteiger partial charge in [0.1, 0.15) is 10.7 Å². The highest BCUT2D eigenvalue weighted by atomic mass is 35.5. The Bertz CT molecular complexity index is 1490. The Morgan fingerprint density at radius 3 is 2.62 bits per heavy atom. The predicted octanol–water partition coefficient (Wildman–Crippen LogP) is 4.50. The van der Waals surface area contributed by atoms with E-state index in [-0.39, 0.29) is 9.92 Å². The molecule has 2 aromatic carbocycles. The summed E-state index contributed by atoms with van der Waals surface area (Å²) in [4.78, 5) is 12.2. The average molecular weight is 489 g/mol. The molecule has 0 bridgehead atoms. The second-order valence-electron chi connectivity index (χ2n) is 7.07. The fourth-order valence-electron chi connectivity index (χ4n) is 3.48. The Morgan fingerprint density at radius 2 is 1.88 bits per heavy atom. The van der Waals surface area contributed by atoms with E-state index in [1.807, 2.05) is 40.6 Å². The third kappa shape index (κ3) is 4.17. The quantitative estimate of drug-likeness (QED) is 0.419. The summed E-state index contributed by atoms with van der Waals surface area (Å²) >= 11 is 12.0. The molecule has 0 saturated heterocycles. The number of nitrogens with zero attached hydrogens (tertiary/aromatic N) is 3. The maximum absolute atomic E-state index is 12.5. The number of aryl methyl sites for hydroxylation is 2. The van der Waals surface area contributed by atoms with E-state index >= 15 is 0 Å². The van der Waals surface area contributed by atoms with E-state index in [0.29, 0.717) is 16.3 Å². The highest BCUT2D eigenvalue weighted by Crippen LogP contribution is 2.27. The molecule has 32 heavy (non-hydrogen) atoms. The molecule has 4 aromatic rings. The largest absolute Gasteiger partial charge is 0.301 e. The number of halogens is 2. The summed E-state index contributed by atoms with van der Waals surface area (Å²) in [6.07, 6.45) is 4.58. The Morgan fingerprint density at radius 1 is 1.12 bits per heavy atom. The van der Waals surface area contributed by atoms with Crippen LogP contribution >= 0.6 is 23.2 Å². The van der Waals surface area contributed by atoms with Crippen molar-refractivity contribution in [2.45, 2.75) is 11.8 Å². The van der Waals surface area contributed by atoms with Gasteiger partial charge in [-0.3, -0.25) is 9.48 Å². The van der Waals surface area contributed by atoms with Crippen LogP contribution in [-0.4, -0.2) is 28.7 Å². The Labute approximate surface area is 194 Å². The van der Waals surface area contributed by atoms with Crippen LogP contribution in [0.4, 0.5) is 0 Å². The van der Waals surface area contributed by atoms with E-state index in [2.05, 4.69) is 5.10 Å². The van der Waals surface area contributed by atoms with Gasteiger partial charge in [0, 0.05) is 35.3 Å². The number of hydrogen-bond acceptors (Lipinski definition) is 4. The summed E-state index contributed by atoms with van der Waals surface area (Å²) in [6.45, 7) is 1.81. The van der Waals surface area contributed by atoms with Crippen LogP contribution in [0.1, 0.15) is 11.3 Å². The first kappa shape index (κ1) is 22.1. The lowest BCUT2D eigenvalue weighted by atomic mass is 10.2. The van der Waals surface area contributed by atoms with Crippen LogP contribution in [0, 0.1) is 6.92 Å². The molecule has 2 heterocycles. The van der Waals surface area contributed by atoms with Gasteiger partial charge < -0.3 is 4.57 Å². The predicted molar refractivity (Wildman–Crippen MR) is 126 cm³/mol. The van der Waals surface area contributed by atoms with E-state index in [9.17, 15) is 13.2 Å². The maximum atomic E-state index is 12.5. The standard InChI is InChI=1S/C22H18Cl2N4O3S/c1-14-17(8-10-21(29)26-32(30,31)20-6-4-3-5-18(20)24)22(27(2)25-14)28-12-11-15-13-16(23)7-9-19(15)28/h3-13H,1-2H3,(H,26,29)/b10-8+. The van der Waals surface area contributed by atoms with Crippen molar-refractivity contribution >= 4 is 56.1 Å². The first-order valence-corrected chi connectivity index (χ1v) is 11.7. The molecule has 2 aromatic heterocycles. The molecule has 0 saturated carbocycles. The molecule has 1 amide bonds. The van der Waals surface area contributed by atoms with Crippen molar-refractivity contribution in [1.29, 1.82) is 0 Å². The highest BCUT2D eigenvalue weighted by Gasteiger charge is 2.20. The van der Waals surface area contributed by atoms with Crippen LogP contribution in [-0.2, 0) is 21.9 Å². The lowest BCUT2D eigenvalue weighted by Crippen LogP contribution is -2.29. The number of carbonyl (C=O) groups is 1. The molecule has 4 rings (SSSR count). The molecule has 0 fully saturated rings. The van der Waals surface area contributed by atoms with Gasteiger partial charge in [0.15, 0.2) is 0 Å². The minimum atomic E-state index is -4.11. The number of benzene rings is 2. The number of nitrogens with one attached hydrogen (secondary N) is 1. The summed E-state index contributed by atoms with van der Waals surface area (Å²) in [5.74, 6) is -0.0823. The highest BCUT2D eigenvalue weighted by molar-refractivity contribution is 7.90. The molecule has 0 aliphatic carbocycles. The number of hydrogen-bond donors (Lipinski definition) is 1. The Kier molecular flexibility index (Phi) is 5.85. The zero-order valence-electron chi connectivity index (χ0n) is 17.1. The molecule has 0 radical (unpaired) electrons. The molecule has 0 atom stereocenters. The molecule has 0 aliphatic heterocycles. The zero-order valence-corrected chi connectivity index (χ0v) is 19.4. The van der Waals surface area contributed by atoms with Gasteiger partial charge in [0.05, 0.1) is 16.2 Å². The first-order chi connectivity index (χ1) is 15.2. The van der Waals surface area contributed by atoms with E-state index in [1.54, 1.807) is 23.9 Å². The van der Waals surface area contributed by atoms with Crippen molar-refractivity contribution in [3.63, 3.8) is 0 Å². The van der Waals surface area contributed by atoms with Crippen molar-refractivity contribution in [3.05, 3.63) is 82.1 Å². The summed E-state index contributed by atoms with van der Waals surface area (Å²) in [7, 11) is -2.31. The Balaban J connectivity index is 1.67. The van der Waals surface area contributed by atoms with Crippen LogP contribution in [0.15, 0.2) is 65.7 Å². The van der Waals surface area contributed by atoms with Crippen molar-refractivity contribution in [3.8, 4) is 5.82 Å². The third-order valence-corrected chi connectivity index (χ3v) is 6.96. The van der Waals surface area contributed by atoms with Crippen LogP contribution < -0.4 is 4.72 Å². The normalized spacial score (nSPS) is 12.0.